The first-order valence-corrected chi connectivity index (χ1v) is 22.6. The third kappa shape index (κ3) is 6.21. The van der Waals surface area contributed by atoms with Gasteiger partial charge in [-0.3, -0.25) is 0 Å². The third-order valence-electron chi connectivity index (χ3n) is 14.4. The summed E-state index contributed by atoms with van der Waals surface area (Å²) in [6, 6.07) is 68.4. The fraction of sp³-hybridized carbons (Fsp3) is 0.150. The van der Waals surface area contributed by atoms with Gasteiger partial charge in [0.15, 0.2) is 17.5 Å². The summed E-state index contributed by atoms with van der Waals surface area (Å²) in [6.45, 7) is 4.80. The second kappa shape index (κ2) is 14.7. The predicted octanol–water partition coefficient (Wildman–Crippen LogP) is 15.4. The Bertz CT molecular complexity index is 3190. The summed E-state index contributed by atoms with van der Waals surface area (Å²) in [4.78, 5) is 15.0. The van der Waals surface area contributed by atoms with Crippen molar-refractivity contribution in [2.75, 3.05) is 0 Å². The van der Waals surface area contributed by atoms with Gasteiger partial charge < -0.3 is 0 Å². The molecule has 0 unspecified atom stereocenters. The van der Waals surface area contributed by atoms with Gasteiger partial charge >= 0.3 is 0 Å². The van der Waals surface area contributed by atoms with Crippen molar-refractivity contribution in [2.24, 2.45) is 0 Å². The first kappa shape index (κ1) is 37.5. The molecule has 3 aliphatic carbocycles. The van der Waals surface area contributed by atoms with E-state index >= 15 is 0 Å². The smallest absolute Gasteiger partial charge is 0.164 e. The molecule has 63 heavy (non-hydrogen) atoms. The first-order valence-electron chi connectivity index (χ1n) is 22.6. The number of rotatable bonds is 6. The zero-order chi connectivity index (χ0) is 42.1. The Balaban J connectivity index is 0.878. The number of hydrogen-bond acceptors (Lipinski definition) is 3. The van der Waals surface area contributed by atoms with E-state index in [0.29, 0.717) is 17.5 Å². The van der Waals surface area contributed by atoms with Crippen molar-refractivity contribution in [3.8, 4) is 89.8 Å². The van der Waals surface area contributed by atoms with Gasteiger partial charge in [-0.15, -0.1) is 0 Å². The number of hydrogen-bond donors (Lipinski definition) is 0. The van der Waals surface area contributed by atoms with Crippen LogP contribution in [-0.2, 0) is 10.8 Å². The number of nitrogens with zero attached hydrogens (tertiary/aromatic N) is 3. The molecule has 12 rings (SSSR count). The molecular weight excluding hydrogens is 763 g/mol. The summed E-state index contributed by atoms with van der Waals surface area (Å²) >= 11 is 0. The molecule has 302 valence electrons. The van der Waals surface area contributed by atoms with E-state index in [2.05, 4.69) is 178 Å². The lowest BCUT2D eigenvalue weighted by atomic mass is 9.67. The van der Waals surface area contributed by atoms with Gasteiger partial charge in [0.05, 0.1) is 0 Å². The molecule has 0 atom stereocenters. The van der Waals surface area contributed by atoms with Crippen LogP contribution in [0.25, 0.3) is 89.8 Å². The van der Waals surface area contributed by atoms with Crippen LogP contribution in [0.4, 0.5) is 0 Å². The van der Waals surface area contributed by atoms with E-state index < -0.39 is 0 Å². The molecule has 0 amide bonds. The molecule has 1 fully saturated rings. The topological polar surface area (TPSA) is 38.7 Å². The predicted molar refractivity (Wildman–Crippen MR) is 259 cm³/mol. The lowest BCUT2D eigenvalue weighted by Crippen LogP contribution is -2.28. The van der Waals surface area contributed by atoms with Crippen LogP contribution in [0.15, 0.2) is 188 Å². The summed E-state index contributed by atoms with van der Waals surface area (Å²) < 4.78 is 0. The maximum absolute atomic E-state index is 5.05. The largest absolute Gasteiger partial charge is 0.208 e. The van der Waals surface area contributed by atoms with E-state index in [-0.39, 0.29) is 10.8 Å². The molecule has 0 aliphatic heterocycles. The van der Waals surface area contributed by atoms with E-state index in [1.807, 2.05) is 24.3 Å². The van der Waals surface area contributed by atoms with Crippen LogP contribution in [-0.4, -0.2) is 15.0 Å². The second-order valence-electron chi connectivity index (χ2n) is 18.3. The average molecular weight is 810 g/mol. The van der Waals surface area contributed by atoms with Crippen LogP contribution in [0.5, 0.6) is 0 Å². The van der Waals surface area contributed by atoms with Crippen molar-refractivity contribution in [1.82, 2.24) is 15.0 Å². The molecule has 0 bridgehead atoms. The van der Waals surface area contributed by atoms with E-state index in [9.17, 15) is 0 Å². The van der Waals surface area contributed by atoms with E-state index in [1.54, 1.807) is 5.56 Å². The standard InChI is InChI=1S/C60H47N3/c1-59(2)52-22-11-10-21-48(52)50-38-55-51(37-53(50)59)49-32-31-47(36-54(49)60(55)33-12-5-13-34-60)46-20-14-19-45(35-46)41-25-29-44(30-26-41)58-62-56(42-17-8-4-9-18-42)61-57(63-58)43-27-23-40(24-28-43)39-15-6-3-7-16-39/h3-4,6-11,14-32,35-38H,5,12-13,33-34H2,1-2H3. The summed E-state index contributed by atoms with van der Waals surface area (Å²) in [5.74, 6) is 1.96. The zero-order valence-corrected chi connectivity index (χ0v) is 35.8. The maximum Gasteiger partial charge on any atom is 0.164 e. The van der Waals surface area contributed by atoms with Crippen molar-refractivity contribution in [3.63, 3.8) is 0 Å². The molecule has 0 radical (unpaired) electrons. The van der Waals surface area contributed by atoms with Gasteiger partial charge in [0.1, 0.15) is 0 Å². The third-order valence-corrected chi connectivity index (χ3v) is 14.4. The molecule has 1 saturated carbocycles. The van der Waals surface area contributed by atoms with Crippen LogP contribution in [0.2, 0.25) is 0 Å². The van der Waals surface area contributed by atoms with Crippen LogP contribution in [0.1, 0.15) is 68.2 Å². The van der Waals surface area contributed by atoms with Crippen LogP contribution >= 0.6 is 0 Å². The van der Waals surface area contributed by atoms with Crippen molar-refractivity contribution in [2.45, 2.75) is 56.8 Å². The van der Waals surface area contributed by atoms with Crippen LogP contribution in [0, 0.1) is 0 Å². The number of benzene rings is 8. The van der Waals surface area contributed by atoms with Gasteiger partial charge in [-0.1, -0.05) is 197 Å². The van der Waals surface area contributed by atoms with Gasteiger partial charge in [-0.2, -0.15) is 0 Å². The highest BCUT2D eigenvalue weighted by molar-refractivity contribution is 5.91. The van der Waals surface area contributed by atoms with Gasteiger partial charge in [0.25, 0.3) is 0 Å². The minimum atomic E-state index is -0.0166. The average Bonchev–Trinajstić information content (AvgIpc) is 3.74. The normalized spacial score (nSPS) is 15.1. The summed E-state index contributed by atoms with van der Waals surface area (Å²) in [7, 11) is 0. The Hall–Kier alpha value is -7.23. The lowest BCUT2D eigenvalue weighted by Gasteiger charge is -2.36. The molecule has 8 aromatic carbocycles. The molecule has 0 N–H and O–H groups in total. The lowest BCUT2D eigenvalue weighted by molar-refractivity contribution is 0.353. The minimum Gasteiger partial charge on any atom is -0.208 e. The summed E-state index contributed by atoms with van der Waals surface area (Å²) in [5.41, 5.74) is 21.8. The van der Waals surface area contributed by atoms with Crippen molar-refractivity contribution >= 4 is 0 Å². The van der Waals surface area contributed by atoms with Crippen molar-refractivity contribution in [1.29, 1.82) is 0 Å². The Morgan fingerprint density at radius 2 is 0.714 bits per heavy atom. The van der Waals surface area contributed by atoms with E-state index in [4.69, 9.17) is 15.0 Å². The Morgan fingerprint density at radius 3 is 1.37 bits per heavy atom. The SMILES string of the molecule is CC1(C)c2ccccc2-c2cc3c(cc21)-c1ccc(-c2cccc(-c4ccc(-c5nc(-c6ccccc6)nc(-c6ccc(-c7ccccc7)cc6)n5)cc4)c2)cc1C31CCCCC1. The first-order chi connectivity index (χ1) is 30.9. The van der Waals surface area contributed by atoms with E-state index in [0.717, 1.165) is 27.8 Å². The van der Waals surface area contributed by atoms with Gasteiger partial charge in [-0.05, 0) is 115 Å². The number of fused-ring (bicyclic) bond motifs is 8. The Labute approximate surface area is 370 Å². The fourth-order valence-electron chi connectivity index (χ4n) is 11.0. The maximum atomic E-state index is 5.05. The quantitative estimate of drug-likeness (QED) is 0.168. The van der Waals surface area contributed by atoms with Gasteiger partial charge in [0, 0.05) is 27.5 Å². The second-order valence-corrected chi connectivity index (χ2v) is 18.3. The molecule has 9 aromatic rings. The van der Waals surface area contributed by atoms with Crippen LogP contribution in [0.3, 0.4) is 0 Å². The monoisotopic (exact) mass is 809 g/mol. The Morgan fingerprint density at radius 1 is 0.302 bits per heavy atom. The highest BCUT2D eigenvalue weighted by Gasteiger charge is 2.46. The van der Waals surface area contributed by atoms with Gasteiger partial charge in [0.2, 0.25) is 0 Å². The van der Waals surface area contributed by atoms with Gasteiger partial charge in [-0.25, -0.2) is 15.0 Å². The van der Waals surface area contributed by atoms with Crippen LogP contribution < -0.4 is 0 Å². The molecule has 3 aliphatic rings. The molecule has 3 nitrogen and oxygen atoms in total. The van der Waals surface area contributed by atoms with Crippen molar-refractivity contribution in [3.05, 3.63) is 210 Å². The molecular formula is C60H47N3. The molecule has 1 heterocycles. The highest BCUT2D eigenvalue weighted by Crippen LogP contribution is 2.60. The molecule has 0 saturated heterocycles. The molecule has 3 heteroatoms. The zero-order valence-electron chi connectivity index (χ0n) is 35.8. The van der Waals surface area contributed by atoms with E-state index in [1.165, 1.54) is 93.3 Å². The molecule has 1 aromatic heterocycles. The minimum absolute atomic E-state index is 0.0166. The van der Waals surface area contributed by atoms with Crippen molar-refractivity contribution < 1.29 is 0 Å². The highest BCUT2D eigenvalue weighted by atomic mass is 15.0. The Kier molecular flexibility index (Phi) is 8.76. The fourth-order valence-corrected chi connectivity index (χ4v) is 11.0. The molecule has 1 spiro atoms. The summed E-state index contributed by atoms with van der Waals surface area (Å²) in [6.07, 6.45) is 6.29. The number of aromatic nitrogens is 3. The summed E-state index contributed by atoms with van der Waals surface area (Å²) in [5, 5.41) is 0.